The zero-order valence-electron chi connectivity index (χ0n) is 9.81. The molecule has 90 valence electrons. The molecule has 0 spiro atoms. The van der Waals surface area contributed by atoms with Crippen LogP contribution in [0, 0.1) is 11.8 Å². The van der Waals surface area contributed by atoms with Gasteiger partial charge in [0.15, 0.2) is 0 Å². The molecule has 0 bridgehead atoms. The molecular weight excluding hydrogens is 226 g/mol. The van der Waals surface area contributed by atoms with E-state index >= 15 is 0 Å². The van der Waals surface area contributed by atoms with E-state index in [9.17, 15) is 4.79 Å². The highest BCUT2D eigenvalue weighted by atomic mass is 16.2. The third kappa shape index (κ3) is 3.30. The molecule has 1 aromatic rings. The number of aliphatic imine (C=N–C) groups is 1. The Kier molecular flexibility index (Phi) is 3.90. The highest BCUT2D eigenvalue weighted by Gasteiger charge is 2.00. The van der Waals surface area contributed by atoms with E-state index in [-0.39, 0.29) is 12.3 Å². The van der Waals surface area contributed by atoms with Crippen molar-refractivity contribution in [3.63, 3.8) is 0 Å². The molecule has 1 heterocycles. The Hall–Kier alpha value is -2.38. The number of hydrogen-bond donors (Lipinski definition) is 2. The fourth-order valence-electron chi connectivity index (χ4n) is 1.53. The van der Waals surface area contributed by atoms with Crippen LogP contribution in [0.3, 0.4) is 0 Å². The maximum absolute atomic E-state index is 11.1. The third-order valence-corrected chi connectivity index (χ3v) is 2.48. The highest BCUT2D eigenvalue weighted by Crippen LogP contribution is 2.05. The number of allylic oxidation sites excluding steroid dienone is 1. The van der Waals surface area contributed by atoms with Gasteiger partial charge < -0.3 is 0 Å². The standard InChI is InChI=1S/C14H13N3O/c15-17-14(18)10-12-5-3-11(4-6-12)7-8-13-2-1-9-16-13/h1,3-6,9H,2,10,15H2,(H,17,18). The molecule has 1 aliphatic heterocycles. The zero-order chi connectivity index (χ0) is 12.8. The van der Waals surface area contributed by atoms with E-state index in [0.29, 0.717) is 0 Å². The average Bonchev–Trinajstić information content (AvgIpc) is 2.91. The second-order valence-corrected chi connectivity index (χ2v) is 3.86. The number of hydrogen-bond acceptors (Lipinski definition) is 3. The predicted octanol–water partition coefficient (Wildman–Crippen LogP) is 0.929. The minimum Gasteiger partial charge on any atom is -0.294 e. The van der Waals surface area contributed by atoms with Crippen molar-refractivity contribution in [2.45, 2.75) is 12.8 Å². The van der Waals surface area contributed by atoms with Gasteiger partial charge in [-0.25, -0.2) is 5.84 Å². The Morgan fingerprint density at radius 2 is 2.11 bits per heavy atom. The highest BCUT2D eigenvalue weighted by molar-refractivity contribution is 6.03. The van der Waals surface area contributed by atoms with Crippen LogP contribution in [0.15, 0.2) is 41.5 Å². The second-order valence-electron chi connectivity index (χ2n) is 3.86. The van der Waals surface area contributed by atoms with Crippen molar-refractivity contribution in [2.24, 2.45) is 10.8 Å². The summed E-state index contributed by atoms with van der Waals surface area (Å²) in [6, 6.07) is 7.51. The minimum absolute atomic E-state index is 0.208. The molecule has 4 nitrogen and oxygen atoms in total. The lowest BCUT2D eigenvalue weighted by atomic mass is 10.1. The Morgan fingerprint density at radius 3 is 2.72 bits per heavy atom. The molecule has 0 saturated carbocycles. The van der Waals surface area contributed by atoms with Gasteiger partial charge in [-0.15, -0.1) is 0 Å². The van der Waals surface area contributed by atoms with Crippen molar-refractivity contribution in [1.82, 2.24) is 5.43 Å². The topological polar surface area (TPSA) is 67.5 Å². The Morgan fingerprint density at radius 1 is 1.33 bits per heavy atom. The molecule has 2 rings (SSSR count). The van der Waals surface area contributed by atoms with Crippen LogP contribution < -0.4 is 11.3 Å². The molecular formula is C14H13N3O. The molecule has 1 aromatic carbocycles. The van der Waals surface area contributed by atoms with Gasteiger partial charge >= 0.3 is 0 Å². The fraction of sp³-hybridized carbons (Fsp3) is 0.143. The van der Waals surface area contributed by atoms with Crippen LogP contribution >= 0.6 is 0 Å². The van der Waals surface area contributed by atoms with Crippen LogP contribution in [-0.2, 0) is 11.2 Å². The van der Waals surface area contributed by atoms with Gasteiger partial charge in [0.1, 0.15) is 0 Å². The summed E-state index contributed by atoms with van der Waals surface area (Å²) in [5.74, 6) is 10.9. The first-order valence-corrected chi connectivity index (χ1v) is 5.60. The summed E-state index contributed by atoms with van der Waals surface area (Å²) in [5, 5.41) is 0. The lowest BCUT2D eigenvalue weighted by Gasteiger charge is -1.99. The molecule has 0 saturated heterocycles. The molecule has 4 heteroatoms. The number of nitrogens with zero attached hydrogens (tertiary/aromatic N) is 1. The van der Waals surface area contributed by atoms with Crippen LogP contribution in [0.5, 0.6) is 0 Å². The number of rotatable bonds is 2. The molecule has 0 unspecified atom stereocenters. The summed E-state index contributed by atoms with van der Waals surface area (Å²) in [4.78, 5) is 15.2. The van der Waals surface area contributed by atoms with E-state index in [1.54, 1.807) is 6.20 Å². The first-order valence-electron chi connectivity index (χ1n) is 5.60. The van der Waals surface area contributed by atoms with E-state index in [4.69, 9.17) is 5.84 Å². The van der Waals surface area contributed by atoms with Gasteiger partial charge in [-0.05, 0) is 23.6 Å². The van der Waals surface area contributed by atoms with E-state index < -0.39 is 0 Å². The van der Waals surface area contributed by atoms with Crippen LogP contribution in [0.1, 0.15) is 17.5 Å². The lowest BCUT2D eigenvalue weighted by molar-refractivity contribution is -0.120. The van der Waals surface area contributed by atoms with Gasteiger partial charge in [0.2, 0.25) is 5.91 Å². The molecule has 18 heavy (non-hydrogen) atoms. The summed E-state index contributed by atoms with van der Waals surface area (Å²) in [6.45, 7) is 0. The van der Waals surface area contributed by atoms with E-state index in [1.165, 1.54) is 0 Å². The van der Waals surface area contributed by atoms with Crippen molar-refractivity contribution in [2.75, 3.05) is 0 Å². The molecule has 0 radical (unpaired) electrons. The molecule has 0 aliphatic carbocycles. The predicted molar refractivity (Wildman–Crippen MR) is 70.5 cm³/mol. The first kappa shape index (κ1) is 12.1. The van der Waals surface area contributed by atoms with Gasteiger partial charge in [0.25, 0.3) is 0 Å². The number of nitrogens with one attached hydrogen (secondary N) is 1. The van der Waals surface area contributed by atoms with E-state index in [1.807, 2.05) is 30.3 Å². The Bertz CT molecular complexity index is 559. The fourth-order valence-corrected chi connectivity index (χ4v) is 1.53. The van der Waals surface area contributed by atoms with Gasteiger partial charge in [0.05, 0.1) is 12.1 Å². The van der Waals surface area contributed by atoms with Gasteiger partial charge in [-0.1, -0.05) is 24.1 Å². The summed E-state index contributed by atoms with van der Waals surface area (Å²) >= 11 is 0. The first-order chi connectivity index (χ1) is 8.78. The SMILES string of the molecule is NNC(=O)Cc1ccc(C#CC2=NC=CC2)cc1. The lowest BCUT2D eigenvalue weighted by Crippen LogP contribution is -2.31. The molecule has 3 N–H and O–H groups in total. The van der Waals surface area contributed by atoms with Gasteiger partial charge in [-0.3, -0.25) is 15.2 Å². The van der Waals surface area contributed by atoms with Crippen LogP contribution in [-0.4, -0.2) is 11.6 Å². The molecule has 0 atom stereocenters. The van der Waals surface area contributed by atoms with Crippen molar-refractivity contribution < 1.29 is 4.79 Å². The Labute approximate surface area is 106 Å². The second kappa shape index (κ2) is 5.80. The largest absolute Gasteiger partial charge is 0.294 e. The number of amides is 1. The maximum Gasteiger partial charge on any atom is 0.238 e. The van der Waals surface area contributed by atoms with Crippen LogP contribution in [0.25, 0.3) is 0 Å². The summed E-state index contributed by atoms with van der Waals surface area (Å²) in [6.07, 6.45) is 4.82. The van der Waals surface area contributed by atoms with Crippen LogP contribution in [0.4, 0.5) is 0 Å². The normalized spacial score (nSPS) is 12.6. The van der Waals surface area contributed by atoms with Gasteiger partial charge in [-0.2, -0.15) is 0 Å². The van der Waals surface area contributed by atoms with Crippen molar-refractivity contribution in [1.29, 1.82) is 0 Å². The van der Waals surface area contributed by atoms with Crippen molar-refractivity contribution in [3.8, 4) is 11.8 Å². The molecule has 1 amide bonds. The maximum atomic E-state index is 11.1. The molecule has 1 aliphatic rings. The smallest absolute Gasteiger partial charge is 0.238 e. The quantitative estimate of drug-likeness (QED) is 0.349. The number of carbonyl (C=O) groups excluding carboxylic acids is 1. The third-order valence-electron chi connectivity index (χ3n) is 2.48. The monoisotopic (exact) mass is 239 g/mol. The Balaban J connectivity index is 2.01. The molecule has 0 aromatic heterocycles. The zero-order valence-corrected chi connectivity index (χ0v) is 9.81. The summed E-state index contributed by atoms with van der Waals surface area (Å²) < 4.78 is 0. The van der Waals surface area contributed by atoms with Crippen molar-refractivity contribution in [3.05, 3.63) is 47.7 Å². The summed E-state index contributed by atoms with van der Waals surface area (Å²) in [7, 11) is 0. The summed E-state index contributed by atoms with van der Waals surface area (Å²) in [5.41, 5.74) is 4.79. The van der Waals surface area contributed by atoms with Gasteiger partial charge in [0, 0.05) is 18.2 Å². The molecule has 0 fully saturated rings. The van der Waals surface area contributed by atoms with E-state index in [0.717, 1.165) is 23.3 Å². The number of nitrogens with two attached hydrogens (primary N) is 1. The minimum atomic E-state index is -0.208. The average molecular weight is 239 g/mol. The number of carbonyl (C=O) groups is 1. The van der Waals surface area contributed by atoms with Crippen LogP contribution in [0.2, 0.25) is 0 Å². The van der Waals surface area contributed by atoms with E-state index in [2.05, 4.69) is 22.3 Å². The number of benzene rings is 1. The van der Waals surface area contributed by atoms with Crippen molar-refractivity contribution >= 4 is 11.6 Å². The number of hydrazine groups is 1.